The van der Waals surface area contributed by atoms with E-state index in [1.807, 2.05) is 24.3 Å². The Balaban J connectivity index is 1.53. The summed E-state index contributed by atoms with van der Waals surface area (Å²) in [4.78, 5) is 19.5. The maximum Gasteiger partial charge on any atom is 0.433 e. The Morgan fingerprint density at radius 2 is 1.79 bits per heavy atom. The van der Waals surface area contributed by atoms with E-state index in [9.17, 15) is 18.0 Å². The number of alkyl halides is 3. The van der Waals surface area contributed by atoms with Crippen molar-refractivity contribution in [3.63, 3.8) is 0 Å². The van der Waals surface area contributed by atoms with Crippen LogP contribution in [-0.4, -0.2) is 48.0 Å². The summed E-state index contributed by atoms with van der Waals surface area (Å²) in [5, 5.41) is 3.04. The Labute approximate surface area is 168 Å². The SMILES string of the molecule is CC(C)N1CC[NH+](C(=O)c2ccc(CNc3ccc(C(F)(F)F)nc3)cc2)CC1. The van der Waals surface area contributed by atoms with E-state index in [1.54, 1.807) is 0 Å². The summed E-state index contributed by atoms with van der Waals surface area (Å²) in [6, 6.07) is 10.2. The van der Waals surface area contributed by atoms with Crippen LogP contribution in [0.5, 0.6) is 0 Å². The molecule has 8 heteroatoms. The first-order valence-corrected chi connectivity index (χ1v) is 9.73. The number of carbonyl (C=O) groups excluding carboxylic acids is 1. The first kappa shape index (κ1) is 21.3. The Kier molecular flexibility index (Phi) is 6.54. The van der Waals surface area contributed by atoms with Crippen LogP contribution in [-0.2, 0) is 12.7 Å². The highest BCUT2D eigenvalue weighted by molar-refractivity contribution is 5.87. The van der Waals surface area contributed by atoms with Gasteiger partial charge in [0.25, 0.3) is 0 Å². The van der Waals surface area contributed by atoms with E-state index in [-0.39, 0.29) is 5.91 Å². The molecule has 0 atom stereocenters. The number of anilines is 1. The quantitative estimate of drug-likeness (QED) is 0.800. The maximum atomic E-state index is 12.7. The minimum atomic E-state index is -4.44. The van der Waals surface area contributed by atoms with Crippen molar-refractivity contribution in [2.45, 2.75) is 32.6 Å². The summed E-state index contributed by atoms with van der Waals surface area (Å²) >= 11 is 0. The molecule has 1 saturated heterocycles. The van der Waals surface area contributed by atoms with Gasteiger partial charge in [-0.1, -0.05) is 12.1 Å². The molecule has 0 spiro atoms. The lowest BCUT2D eigenvalue weighted by atomic mass is 10.1. The van der Waals surface area contributed by atoms with Crippen molar-refractivity contribution in [2.24, 2.45) is 0 Å². The fourth-order valence-electron chi connectivity index (χ4n) is 3.39. The van der Waals surface area contributed by atoms with E-state index in [2.05, 4.69) is 29.0 Å². The number of hydrogen-bond donors (Lipinski definition) is 2. The van der Waals surface area contributed by atoms with Crippen LogP contribution in [0.3, 0.4) is 0 Å². The summed E-state index contributed by atoms with van der Waals surface area (Å²) in [5.74, 6) is 0.111. The molecule has 2 heterocycles. The predicted octanol–water partition coefficient (Wildman–Crippen LogP) is 2.46. The van der Waals surface area contributed by atoms with Gasteiger partial charge in [-0.3, -0.25) is 9.80 Å². The van der Waals surface area contributed by atoms with Crippen LogP contribution < -0.4 is 10.2 Å². The lowest BCUT2D eigenvalue weighted by molar-refractivity contribution is -0.820. The predicted molar refractivity (Wildman–Crippen MR) is 105 cm³/mol. The maximum absolute atomic E-state index is 12.7. The average Bonchev–Trinajstić information content (AvgIpc) is 2.72. The molecule has 1 aromatic heterocycles. The number of rotatable bonds is 5. The highest BCUT2D eigenvalue weighted by Crippen LogP contribution is 2.27. The first-order chi connectivity index (χ1) is 13.7. The van der Waals surface area contributed by atoms with E-state index in [0.717, 1.165) is 42.7 Å². The number of carbonyl (C=O) groups is 1. The monoisotopic (exact) mass is 407 g/mol. The minimum absolute atomic E-state index is 0.111. The zero-order valence-corrected chi connectivity index (χ0v) is 16.6. The van der Waals surface area contributed by atoms with Gasteiger partial charge in [0.05, 0.1) is 30.5 Å². The van der Waals surface area contributed by atoms with E-state index in [4.69, 9.17) is 0 Å². The summed E-state index contributed by atoms with van der Waals surface area (Å²) < 4.78 is 37.6. The first-order valence-electron chi connectivity index (χ1n) is 9.73. The van der Waals surface area contributed by atoms with Crippen LogP contribution in [0.2, 0.25) is 0 Å². The number of pyridine rings is 1. The second-order valence-corrected chi connectivity index (χ2v) is 7.54. The molecule has 0 bridgehead atoms. The minimum Gasteiger partial charge on any atom is -0.380 e. The van der Waals surface area contributed by atoms with E-state index >= 15 is 0 Å². The normalized spacial score (nSPS) is 16.2. The number of amides is 1. The number of aromatic nitrogens is 1. The Morgan fingerprint density at radius 3 is 2.31 bits per heavy atom. The summed E-state index contributed by atoms with van der Waals surface area (Å²) in [6.45, 7) is 8.22. The third-order valence-corrected chi connectivity index (χ3v) is 5.22. The van der Waals surface area contributed by atoms with Crippen LogP contribution in [0.15, 0.2) is 42.6 Å². The molecular weight excluding hydrogens is 381 g/mol. The fourth-order valence-corrected chi connectivity index (χ4v) is 3.39. The molecule has 0 radical (unpaired) electrons. The number of nitrogens with one attached hydrogen (secondary N) is 2. The van der Waals surface area contributed by atoms with Gasteiger partial charge < -0.3 is 5.32 Å². The third kappa shape index (κ3) is 5.55. The molecule has 1 aliphatic heterocycles. The van der Waals surface area contributed by atoms with Gasteiger partial charge >= 0.3 is 12.1 Å². The second kappa shape index (κ2) is 8.92. The number of quaternary nitrogens is 1. The number of benzene rings is 1. The van der Waals surface area contributed by atoms with Gasteiger partial charge in [0.15, 0.2) is 0 Å². The Bertz CT molecular complexity index is 811. The zero-order chi connectivity index (χ0) is 21.0. The van der Waals surface area contributed by atoms with Crippen LogP contribution >= 0.6 is 0 Å². The van der Waals surface area contributed by atoms with Crippen LogP contribution in [0.4, 0.5) is 18.9 Å². The molecule has 2 aromatic rings. The van der Waals surface area contributed by atoms with Gasteiger partial charge in [0.2, 0.25) is 0 Å². The fraction of sp³-hybridized carbons (Fsp3) is 0.429. The largest absolute Gasteiger partial charge is 0.433 e. The van der Waals surface area contributed by atoms with Gasteiger partial charge in [-0.2, -0.15) is 13.2 Å². The molecule has 5 nitrogen and oxygen atoms in total. The van der Waals surface area contributed by atoms with Crippen molar-refractivity contribution >= 4 is 11.6 Å². The van der Waals surface area contributed by atoms with Crippen LogP contribution in [0, 0.1) is 0 Å². The second-order valence-electron chi connectivity index (χ2n) is 7.54. The highest BCUT2D eigenvalue weighted by atomic mass is 19.4. The number of piperazine rings is 1. The summed E-state index contributed by atoms with van der Waals surface area (Å²) in [6.07, 6.45) is -3.27. The Hall–Kier alpha value is -2.45. The average molecular weight is 407 g/mol. The third-order valence-electron chi connectivity index (χ3n) is 5.22. The Morgan fingerprint density at radius 1 is 1.14 bits per heavy atom. The van der Waals surface area contributed by atoms with Gasteiger partial charge in [0.1, 0.15) is 5.69 Å². The highest BCUT2D eigenvalue weighted by Gasteiger charge is 2.32. The van der Waals surface area contributed by atoms with Crippen LogP contribution in [0.25, 0.3) is 0 Å². The van der Waals surface area contributed by atoms with Gasteiger partial charge in [-0.05, 0) is 43.7 Å². The van der Waals surface area contributed by atoms with Gasteiger partial charge in [-0.25, -0.2) is 9.78 Å². The molecule has 1 aromatic carbocycles. The molecular formula is C21H26F3N4O+. The lowest BCUT2D eigenvalue weighted by Crippen LogP contribution is -3.17. The lowest BCUT2D eigenvalue weighted by Gasteiger charge is -2.33. The molecule has 3 rings (SSSR count). The van der Waals surface area contributed by atoms with Gasteiger partial charge in [0, 0.05) is 25.7 Å². The van der Waals surface area contributed by atoms with Crippen molar-refractivity contribution in [1.29, 1.82) is 0 Å². The van der Waals surface area contributed by atoms with Crippen molar-refractivity contribution in [3.8, 4) is 0 Å². The van der Waals surface area contributed by atoms with Gasteiger partial charge in [-0.15, -0.1) is 0 Å². The topological polar surface area (TPSA) is 49.7 Å². The molecule has 29 heavy (non-hydrogen) atoms. The number of nitrogens with zero attached hydrogens (tertiary/aromatic N) is 2. The van der Waals surface area contributed by atoms with E-state index in [0.29, 0.717) is 23.8 Å². The number of halogens is 3. The van der Waals surface area contributed by atoms with Crippen molar-refractivity contribution in [1.82, 2.24) is 9.88 Å². The standard InChI is InChI=1S/C21H25F3N4O/c1-15(2)27-9-11-28(12-10-27)20(29)17-5-3-16(4-6-17)13-25-18-7-8-19(26-14-18)21(22,23)24/h3-8,14-15,25H,9-13H2,1-2H3/p+1. The summed E-state index contributed by atoms with van der Waals surface area (Å²) in [5.41, 5.74) is 1.20. The zero-order valence-electron chi connectivity index (χ0n) is 16.6. The molecule has 1 fully saturated rings. The summed E-state index contributed by atoms with van der Waals surface area (Å²) in [7, 11) is 0. The molecule has 2 N–H and O–H groups in total. The molecule has 156 valence electrons. The molecule has 1 aliphatic rings. The molecule has 1 amide bonds. The molecule has 0 unspecified atom stereocenters. The van der Waals surface area contributed by atoms with Crippen LogP contribution in [0.1, 0.15) is 35.5 Å². The molecule has 0 saturated carbocycles. The van der Waals surface area contributed by atoms with E-state index in [1.165, 1.54) is 12.3 Å². The van der Waals surface area contributed by atoms with E-state index < -0.39 is 11.9 Å². The van der Waals surface area contributed by atoms with Crippen molar-refractivity contribution in [2.75, 3.05) is 31.5 Å². The smallest absolute Gasteiger partial charge is 0.380 e. The molecule has 0 aliphatic carbocycles. The van der Waals surface area contributed by atoms with Crippen molar-refractivity contribution in [3.05, 3.63) is 59.4 Å². The van der Waals surface area contributed by atoms with Crippen molar-refractivity contribution < 1.29 is 22.9 Å². The number of hydrogen-bond acceptors (Lipinski definition) is 4.